The summed E-state index contributed by atoms with van der Waals surface area (Å²) in [5.74, 6) is -0.149. The molecule has 0 unspecified atom stereocenters. The van der Waals surface area contributed by atoms with E-state index in [2.05, 4.69) is 10.3 Å². The van der Waals surface area contributed by atoms with Crippen LogP contribution in [0.2, 0.25) is 0 Å². The number of benzene rings is 1. The second kappa shape index (κ2) is 5.07. The van der Waals surface area contributed by atoms with Gasteiger partial charge in [0.1, 0.15) is 0 Å². The van der Waals surface area contributed by atoms with Crippen LogP contribution in [0.5, 0.6) is 0 Å². The molecule has 0 bridgehead atoms. The number of aromatic nitrogens is 2. The molecule has 1 amide bonds. The minimum Gasteiger partial charge on any atom is -0.324 e. The van der Waals surface area contributed by atoms with E-state index >= 15 is 0 Å². The van der Waals surface area contributed by atoms with E-state index in [9.17, 15) is 4.79 Å². The lowest BCUT2D eigenvalue weighted by molar-refractivity contribution is 0.102. The van der Waals surface area contributed by atoms with Gasteiger partial charge in [-0.25, -0.2) is 4.98 Å². The lowest BCUT2D eigenvalue weighted by Gasteiger charge is -2.06. The van der Waals surface area contributed by atoms with Crippen molar-refractivity contribution < 1.29 is 4.79 Å². The average Bonchev–Trinajstić information content (AvgIpc) is 3.12. The van der Waals surface area contributed by atoms with E-state index in [1.807, 2.05) is 52.7 Å². The summed E-state index contributed by atoms with van der Waals surface area (Å²) in [6.45, 7) is 0. The Morgan fingerprint density at radius 3 is 2.79 bits per heavy atom. The highest BCUT2D eigenvalue weighted by Crippen LogP contribution is 2.15. The quantitative estimate of drug-likeness (QED) is 0.793. The Morgan fingerprint density at radius 2 is 2.05 bits per heavy atom. The summed E-state index contributed by atoms with van der Waals surface area (Å²) < 4.78 is 1.96. The lowest BCUT2D eigenvalue weighted by Crippen LogP contribution is -2.11. The van der Waals surface area contributed by atoms with E-state index in [0.717, 1.165) is 5.69 Å². The molecule has 0 spiro atoms. The molecule has 0 aliphatic rings. The highest BCUT2D eigenvalue weighted by atomic mass is 32.1. The fourth-order valence-corrected chi connectivity index (χ4v) is 2.29. The molecule has 0 aliphatic carbocycles. The predicted molar refractivity (Wildman–Crippen MR) is 75.8 cm³/mol. The van der Waals surface area contributed by atoms with Gasteiger partial charge in [-0.2, -0.15) is 0 Å². The number of anilines is 1. The van der Waals surface area contributed by atoms with Crippen molar-refractivity contribution in [1.82, 2.24) is 9.55 Å². The number of carbonyl (C=O) groups is 1. The fraction of sp³-hybridized carbons (Fsp3) is 0. The van der Waals surface area contributed by atoms with Gasteiger partial charge in [-0.1, -0.05) is 6.07 Å². The van der Waals surface area contributed by atoms with Crippen LogP contribution in [0.3, 0.4) is 0 Å². The Bertz CT molecular complexity index is 675. The Hall–Kier alpha value is -2.40. The summed E-state index contributed by atoms with van der Waals surface area (Å²) in [5.41, 5.74) is 1.57. The van der Waals surface area contributed by atoms with Crippen LogP contribution in [0, 0.1) is 0 Å². The van der Waals surface area contributed by atoms with Crippen LogP contribution in [0.25, 0.3) is 5.69 Å². The van der Waals surface area contributed by atoms with Crippen molar-refractivity contribution >= 4 is 22.4 Å². The number of rotatable bonds is 3. The molecule has 5 heteroatoms. The summed E-state index contributed by atoms with van der Waals surface area (Å²) in [4.78, 5) is 16.1. The van der Waals surface area contributed by atoms with Crippen LogP contribution in [-0.2, 0) is 0 Å². The summed E-state index contributed by atoms with van der Waals surface area (Å²) in [6, 6.07) is 11.4. The fourth-order valence-electron chi connectivity index (χ4n) is 1.77. The molecular weight excluding hydrogens is 258 g/mol. The number of carbonyl (C=O) groups excluding carboxylic acids is 1. The Kier molecular flexibility index (Phi) is 3.12. The normalized spacial score (nSPS) is 10.3. The van der Waals surface area contributed by atoms with Crippen LogP contribution in [0.15, 0.2) is 60.4 Å². The molecule has 1 aromatic carbocycles. The van der Waals surface area contributed by atoms with Crippen molar-refractivity contribution in [3.63, 3.8) is 0 Å². The number of nitrogens with one attached hydrogen (secondary N) is 1. The molecule has 0 fully saturated rings. The molecule has 0 atom stereocenters. The van der Waals surface area contributed by atoms with Crippen molar-refractivity contribution in [1.29, 1.82) is 0 Å². The van der Waals surface area contributed by atoms with Gasteiger partial charge in [0, 0.05) is 35.2 Å². The first kappa shape index (κ1) is 11.7. The van der Waals surface area contributed by atoms with E-state index in [1.54, 1.807) is 12.3 Å². The minimum absolute atomic E-state index is 0.149. The zero-order valence-corrected chi connectivity index (χ0v) is 10.8. The maximum atomic E-state index is 12.1. The van der Waals surface area contributed by atoms with E-state index < -0.39 is 0 Å². The zero-order chi connectivity index (χ0) is 13.1. The summed E-state index contributed by atoms with van der Waals surface area (Å²) >= 11 is 1.40. The molecule has 0 radical (unpaired) electrons. The molecule has 1 N–H and O–H groups in total. The number of nitrogens with zero attached hydrogens (tertiary/aromatic N) is 2. The van der Waals surface area contributed by atoms with Gasteiger partial charge >= 0.3 is 0 Å². The maximum Gasteiger partial charge on any atom is 0.257 e. The molecule has 3 aromatic rings. The Morgan fingerprint density at radius 1 is 1.21 bits per heavy atom. The Balaban J connectivity index is 1.85. The molecule has 0 saturated carbocycles. The first-order chi connectivity index (χ1) is 9.33. The third kappa shape index (κ3) is 2.56. The summed E-state index contributed by atoms with van der Waals surface area (Å²) in [7, 11) is 0. The van der Waals surface area contributed by atoms with Crippen LogP contribution in [-0.4, -0.2) is 15.5 Å². The molecule has 94 valence electrons. The smallest absolute Gasteiger partial charge is 0.257 e. The van der Waals surface area contributed by atoms with E-state index in [0.29, 0.717) is 10.7 Å². The van der Waals surface area contributed by atoms with Gasteiger partial charge in [0.15, 0.2) is 5.13 Å². The van der Waals surface area contributed by atoms with Crippen LogP contribution in [0.4, 0.5) is 5.13 Å². The number of thiazole rings is 1. The second-order valence-electron chi connectivity index (χ2n) is 3.93. The molecule has 2 aromatic heterocycles. The first-order valence-corrected chi connectivity index (χ1v) is 6.65. The lowest BCUT2D eigenvalue weighted by atomic mass is 10.2. The monoisotopic (exact) mass is 269 g/mol. The van der Waals surface area contributed by atoms with Crippen molar-refractivity contribution in [2.45, 2.75) is 0 Å². The van der Waals surface area contributed by atoms with Gasteiger partial charge in [0.25, 0.3) is 5.91 Å². The maximum absolute atomic E-state index is 12.1. The van der Waals surface area contributed by atoms with Crippen molar-refractivity contribution in [3.05, 3.63) is 65.9 Å². The van der Waals surface area contributed by atoms with Crippen LogP contribution in [0.1, 0.15) is 10.4 Å². The topological polar surface area (TPSA) is 46.9 Å². The molecule has 4 nitrogen and oxygen atoms in total. The summed E-state index contributed by atoms with van der Waals surface area (Å²) in [6.07, 6.45) is 5.55. The summed E-state index contributed by atoms with van der Waals surface area (Å²) in [5, 5.41) is 5.20. The van der Waals surface area contributed by atoms with Crippen LogP contribution >= 0.6 is 11.3 Å². The number of hydrogen-bond donors (Lipinski definition) is 1. The second-order valence-corrected chi connectivity index (χ2v) is 4.83. The minimum atomic E-state index is -0.149. The number of hydrogen-bond acceptors (Lipinski definition) is 3. The first-order valence-electron chi connectivity index (χ1n) is 5.77. The molecule has 19 heavy (non-hydrogen) atoms. The highest BCUT2D eigenvalue weighted by Gasteiger charge is 2.08. The number of amides is 1. The zero-order valence-electron chi connectivity index (χ0n) is 9.98. The van der Waals surface area contributed by atoms with E-state index in [1.165, 1.54) is 11.3 Å². The van der Waals surface area contributed by atoms with Crippen molar-refractivity contribution in [2.75, 3.05) is 5.32 Å². The van der Waals surface area contributed by atoms with Crippen molar-refractivity contribution in [3.8, 4) is 5.69 Å². The molecule has 0 saturated heterocycles. The highest BCUT2D eigenvalue weighted by molar-refractivity contribution is 7.13. The predicted octanol–water partition coefficient (Wildman–Crippen LogP) is 3.19. The van der Waals surface area contributed by atoms with Gasteiger partial charge in [0.05, 0.1) is 0 Å². The van der Waals surface area contributed by atoms with Gasteiger partial charge in [-0.3, -0.25) is 10.1 Å². The van der Waals surface area contributed by atoms with E-state index in [-0.39, 0.29) is 5.91 Å². The molecule has 0 aliphatic heterocycles. The average molecular weight is 269 g/mol. The van der Waals surface area contributed by atoms with E-state index in [4.69, 9.17) is 0 Å². The van der Waals surface area contributed by atoms with Gasteiger partial charge in [0.2, 0.25) is 0 Å². The Labute approximate surface area is 114 Å². The van der Waals surface area contributed by atoms with Crippen LogP contribution < -0.4 is 5.32 Å². The largest absolute Gasteiger partial charge is 0.324 e. The molecular formula is C14H11N3OS. The third-order valence-electron chi connectivity index (χ3n) is 2.66. The van der Waals surface area contributed by atoms with Gasteiger partial charge < -0.3 is 4.57 Å². The molecule has 2 heterocycles. The third-order valence-corrected chi connectivity index (χ3v) is 3.35. The SMILES string of the molecule is O=C(Nc1nccs1)c1cccc(-n2cccc2)c1. The van der Waals surface area contributed by atoms with Crippen molar-refractivity contribution in [2.24, 2.45) is 0 Å². The molecule has 3 rings (SSSR count). The van der Waals surface area contributed by atoms with Gasteiger partial charge in [-0.15, -0.1) is 11.3 Å². The van der Waals surface area contributed by atoms with Gasteiger partial charge in [-0.05, 0) is 30.3 Å². The standard InChI is InChI=1S/C14H11N3OS/c18-13(16-14-15-6-9-19-14)11-4-3-5-12(10-11)17-7-1-2-8-17/h1-10H,(H,15,16,18).